The highest BCUT2D eigenvalue weighted by Gasteiger charge is 2.07. The van der Waals surface area contributed by atoms with E-state index in [1.54, 1.807) is 0 Å². The molecule has 2 N–H and O–H groups in total. The molecule has 1 aromatic rings. The lowest BCUT2D eigenvalue weighted by Gasteiger charge is -2.08. The number of nitrogens with two attached hydrogens (primary N) is 1. The van der Waals surface area contributed by atoms with Crippen LogP contribution in [0.25, 0.3) is 0 Å². The van der Waals surface area contributed by atoms with Crippen LogP contribution >= 0.6 is 15.9 Å². The van der Waals surface area contributed by atoms with E-state index in [0.717, 1.165) is 16.5 Å². The molecule has 0 saturated heterocycles. The van der Waals surface area contributed by atoms with Crippen LogP contribution in [0.3, 0.4) is 0 Å². The zero-order valence-corrected chi connectivity index (χ0v) is 11.2. The summed E-state index contributed by atoms with van der Waals surface area (Å²) in [5.41, 5.74) is 6.84. The second-order valence-electron chi connectivity index (χ2n) is 3.55. The maximum atomic E-state index is 11.7. The van der Waals surface area contributed by atoms with Crippen LogP contribution in [-0.4, -0.2) is 16.0 Å². The minimum absolute atomic E-state index is 0.0537. The first-order valence-corrected chi connectivity index (χ1v) is 7.25. The van der Waals surface area contributed by atoms with E-state index in [2.05, 4.69) is 15.9 Å². The quantitative estimate of drug-likeness (QED) is 0.905. The predicted octanol–water partition coefficient (Wildman–Crippen LogP) is 2.44. The van der Waals surface area contributed by atoms with Crippen molar-refractivity contribution in [3.8, 4) is 0 Å². The summed E-state index contributed by atoms with van der Waals surface area (Å²) in [6.45, 7) is 2.01. The van der Waals surface area contributed by atoms with Crippen molar-refractivity contribution >= 4 is 26.7 Å². The second kappa shape index (κ2) is 6.40. The summed E-state index contributed by atoms with van der Waals surface area (Å²) in [5.74, 6) is 1.18. The molecule has 15 heavy (non-hydrogen) atoms. The fraction of sp³-hybridized carbons (Fsp3) is 0.455. The van der Waals surface area contributed by atoms with Gasteiger partial charge in [0, 0.05) is 32.8 Å². The van der Waals surface area contributed by atoms with E-state index < -0.39 is 10.8 Å². The van der Waals surface area contributed by atoms with Gasteiger partial charge in [-0.2, -0.15) is 0 Å². The molecule has 0 aromatic heterocycles. The number of halogens is 1. The van der Waals surface area contributed by atoms with Crippen LogP contribution < -0.4 is 5.73 Å². The largest absolute Gasteiger partial charge is 0.327 e. The Morgan fingerprint density at radius 1 is 1.53 bits per heavy atom. The first-order valence-electron chi connectivity index (χ1n) is 4.96. The number of rotatable bonds is 5. The Morgan fingerprint density at radius 2 is 2.27 bits per heavy atom. The zero-order valence-electron chi connectivity index (χ0n) is 8.78. The third-order valence-corrected chi connectivity index (χ3v) is 4.09. The van der Waals surface area contributed by atoms with E-state index in [1.165, 1.54) is 0 Å². The normalized spacial score (nSPS) is 14.9. The third-order valence-electron chi connectivity index (χ3n) is 2.14. The Bertz CT molecular complexity index is 343. The molecule has 0 aliphatic heterocycles. The van der Waals surface area contributed by atoms with Gasteiger partial charge in [0.25, 0.3) is 0 Å². The van der Waals surface area contributed by atoms with E-state index >= 15 is 0 Å². The minimum Gasteiger partial charge on any atom is -0.327 e. The number of hydrogen-bond donors (Lipinski definition) is 1. The van der Waals surface area contributed by atoms with Crippen LogP contribution in [0.5, 0.6) is 0 Å². The third kappa shape index (κ3) is 4.91. The van der Waals surface area contributed by atoms with Crippen molar-refractivity contribution in [1.29, 1.82) is 0 Å². The van der Waals surface area contributed by atoms with E-state index in [9.17, 15) is 4.21 Å². The van der Waals surface area contributed by atoms with Gasteiger partial charge >= 0.3 is 0 Å². The Morgan fingerprint density at radius 3 is 2.87 bits per heavy atom. The van der Waals surface area contributed by atoms with E-state index in [0.29, 0.717) is 11.5 Å². The summed E-state index contributed by atoms with van der Waals surface area (Å²) < 4.78 is 12.7. The summed E-state index contributed by atoms with van der Waals surface area (Å²) in [4.78, 5) is 0. The average molecular weight is 290 g/mol. The topological polar surface area (TPSA) is 43.1 Å². The smallest absolute Gasteiger partial charge is 0.0486 e. The monoisotopic (exact) mass is 289 g/mol. The van der Waals surface area contributed by atoms with Crippen molar-refractivity contribution in [3.05, 3.63) is 34.3 Å². The van der Waals surface area contributed by atoms with Gasteiger partial charge in [0.15, 0.2) is 0 Å². The number of hydrogen-bond acceptors (Lipinski definition) is 2. The van der Waals surface area contributed by atoms with Gasteiger partial charge in [-0.15, -0.1) is 0 Å². The van der Waals surface area contributed by atoms with Gasteiger partial charge < -0.3 is 5.73 Å². The summed E-state index contributed by atoms with van der Waals surface area (Å²) in [6.07, 6.45) is 0.879. The summed E-state index contributed by atoms with van der Waals surface area (Å²) >= 11 is 3.39. The van der Waals surface area contributed by atoms with E-state index in [4.69, 9.17) is 5.73 Å². The average Bonchev–Trinajstić information content (AvgIpc) is 2.17. The standard InChI is InChI=1S/C11H16BrNOS/c1-2-11(13)8-15(14)7-9-4-3-5-10(12)6-9/h3-6,11H,2,7-8,13H2,1H3. The van der Waals surface area contributed by atoms with Gasteiger partial charge in [0.2, 0.25) is 0 Å². The molecule has 4 heteroatoms. The summed E-state index contributed by atoms with van der Waals surface area (Å²) in [7, 11) is -0.855. The van der Waals surface area contributed by atoms with Crippen LogP contribution in [0.1, 0.15) is 18.9 Å². The highest BCUT2D eigenvalue weighted by atomic mass is 79.9. The maximum Gasteiger partial charge on any atom is 0.0486 e. The molecule has 0 radical (unpaired) electrons. The van der Waals surface area contributed by atoms with Crippen LogP contribution in [0, 0.1) is 0 Å². The maximum absolute atomic E-state index is 11.7. The molecule has 0 aliphatic rings. The highest BCUT2D eigenvalue weighted by molar-refractivity contribution is 9.10. The van der Waals surface area contributed by atoms with Gasteiger partial charge in [0.1, 0.15) is 0 Å². The molecule has 0 amide bonds. The molecule has 0 heterocycles. The van der Waals surface area contributed by atoms with Crippen molar-refractivity contribution in [3.63, 3.8) is 0 Å². The van der Waals surface area contributed by atoms with Gasteiger partial charge in [0.05, 0.1) is 0 Å². The van der Waals surface area contributed by atoms with Gasteiger partial charge in [-0.25, -0.2) is 0 Å². The SMILES string of the molecule is CCC(N)CS(=O)Cc1cccc(Br)c1. The molecule has 0 fully saturated rings. The Hall–Kier alpha value is -0.190. The van der Waals surface area contributed by atoms with Crippen molar-refractivity contribution < 1.29 is 4.21 Å². The van der Waals surface area contributed by atoms with Crippen molar-refractivity contribution in [1.82, 2.24) is 0 Å². The molecule has 0 spiro atoms. The lowest BCUT2D eigenvalue weighted by Crippen LogP contribution is -2.26. The summed E-state index contributed by atoms with van der Waals surface area (Å²) in [5, 5.41) is 0. The fourth-order valence-corrected chi connectivity index (χ4v) is 3.06. The summed E-state index contributed by atoms with van der Waals surface area (Å²) in [6, 6.07) is 7.95. The lowest BCUT2D eigenvalue weighted by molar-refractivity contribution is 0.663. The second-order valence-corrected chi connectivity index (χ2v) is 5.97. The Balaban J connectivity index is 2.51. The molecule has 2 nitrogen and oxygen atoms in total. The van der Waals surface area contributed by atoms with Gasteiger partial charge in [-0.3, -0.25) is 4.21 Å². The molecule has 84 valence electrons. The minimum atomic E-state index is -0.855. The lowest BCUT2D eigenvalue weighted by atomic mass is 10.2. The first kappa shape index (κ1) is 12.9. The zero-order chi connectivity index (χ0) is 11.3. The molecule has 2 unspecified atom stereocenters. The van der Waals surface area contributed by atoms with Crippen LogP contribution in [0.4, 0.5) is 0 Å². The molecular weight excluding hydrogens is 274 g/mol. The Kier molecular flexibility index (Phi) is 5.50. The van der Waals surface area contributed by atoms with E-state index in [-0.39, 0.29) is 6.04 Å². The van der Waals surface area contributed by atoms with E-state index in [1.807, 2.05) is 31.2 Å². The highest BCUT2D eigenvalue weighted by Crippen LogP contribution is 2.13. The van der Waals surface area contributed by atoms with Crippen molar-refractivity contribution in [2.24, 2.45) is 5.73 Å². The van der Waals surface area contributed by atoms with Crippen LogP contribution in [0.15, 0.2) is 28.7 Å². The Labute approximate surface area is 102 Å². The van der Waals surface area contributed by atoms with Crippen molar-refractivity contribution in [2.75, 3.05) is 5.75 Å². The molecule has 0 bridgehead atoms. The molecule has 1 aromatic carbocycles. The van der Waals surface area contributed by atoms with Crippen LogP contribution in [0.2, 0.25) is 0 Å². The molecule has 0 aliphatic carbocycles. The number of benzene rings is 1. The van der Waals surface area contributed by atoms with Gasteiger partial charge in [-0.05, 0) is 24.1 Å². The molecule has 1 rings (SSSR count). The van der Waals surface area contributed by atoms with Gasteiger partial charge in [-0.1, -0.05) is 35.0 Å². The molecule has 0 saturated carbocycles. The fourth-order valence-electron chi connectivity index (χ4n) is 1.23. The molecular formula is C11H16BrNOS. The predicted molar refractivity (Wildman–Crippen MR) is 69.1 cm³/mol. The van der Waals surface area contributed by atoms with Crippen molar-refractivity contribution in [2.45, 2.75) is 25.1 Å². The molecule has 2 atom stereocenters. The van der Waals surface area contributed by atoms with Crippen LogP contribution in [-0.2, 0) is 16.6 Å². The first-order chi connectivity index (χ1) is 7.11.